The molecule has 8 nitrogen and oxygen atoms in total. The molecule has 1 aliphatic rings. The minimum Gasteiger partial charge on any atom is -0.389 e. The third-order valence-corrected chi connectivity index (χ3v) is 5.82. The summed E-state index contributed by atoms with van der Waals surface area (Å²) in [4.78, 5) is 5.57. The number of rotatable bonds is 7. The van der Waals surface area contributed by atoms with Crippen molar-refractivity contribution in [1.82, 2.24) is 9.79 Å². The predicted octanol–water partition coefficient (Wildman–Crippen LogP) is 2.19. The molecule has 1 fully saturated rings. The molecule has 1 unspecified atom stereocenters. The van der Waals surface area contributed by atoms with Gasteiger partial charge in [-0.2, -0.15) is 9.27 Å². The van der Waals surface area contributed by atoms with Crippen LogP contribution in [0.25, 0.3) is 0 Å². The fourth-order valence-corrected chi connectivity index (χ4v) is 5.23. The molecule has 0 amide bonds. The van der Waals surface area contributed by atoms with E-state index in [-0.39, 0.29) is 17.1 Å². The third-order valence-electron chi connectivity index (χ3n) is 4.35. The molecule has 0 bridgehead atoms. The molecule has 1 aromatic carbocycles. The molecule has 2 N–H and O–H groups in total. The van der Waals surface area contributed by atoms with E-state index in [0.717, 1.165) is 19.1 Å². The number of nitrogens with zero attached hydrogens (tertiary/aromatic N) is 1. The summed E-state index contributed by atoms with van der Waals surface area (Å²) in [5, 5.41) is 1.97. The highest BCUT2D eigenvalue weighted by atomic mass is 32.2. The van der Waals surface area contributed by atoms with Crippen LogP contribution in [0.4, 0.5) is 5.69 Å². The van der Waals surface area contributed by atoms with Crippen molar-refractivity contribution in [3.8, 4) is 5.75 Å². The molecule has 1 aliphatic heterocycles. The van der Waals surface area contributed by atoms with Gasteiger partial charge in [-0.1, -0.05) is 6.07 Å². The summed E-state index contributed by atoms with van der Waals surface area (Å²) in [6.07, 6.45) is 2.53. The Bertz CT molecular complexity index is 778. The lowest BCUT2D eigenvalue weighted by Gasteiger charge is -2.53. The Balaban J connectivity index is 2.03. The van der Waals surface area contributed by atoms with Crippen LogP contribution < -0.4 is 13.6 Å². The van der Waals surface area contributed by atoms with Gasteiger partial charge < -0.3 is 9.02 Å². The van der Waals surface area contributed by atoms with Gasteiger partial charge in [0.2, 0.25) is 10.0 Å². The Morgan fingerprint density at radius 3 is 2.30 bits per heavy atom. The molecule has 0 saturated carbocycles. The zero-order chi connectivity index (χ0) is 20.5. The predicted molar refractivity (Wildman–Crippen MR) is 107 cm³/mol. The highest BCUT2D eigenvalue weighted by molar-refractivity contribution is 7.92. The molecular formula is C17H29N3O5S2. The van der Waals surface area contributed by atoms with E-state index in [0.29, 0.717) is 11.4 Å². The molecule has 154 valence electrons. The fraction of sp³-hybridized carbons (Fsp3) is 0.647. The van der Waals surface area contributed by atoms with Crippen LogP contribution in [0.1, 0.15) is 40.5 Å². The maximum Gasteiger partial charge on any atom is 0.288 e. The van der Waals surface area contributed by atoms with Gasteiger partial charge in [-0.25, -0.2) is 13.1 Å². The van der Waals surface area contributed by atoms with E-state index in [1.807, 2.05) is 5.06 Å². The smallest absolute Gasteiger partial charge is 0.288 e. The molecule has 0 aromatic heterocycles. The first-order valence-corrected chi connectivity index (χ1v) is 11.6. The lowest BCUT2D eigenvalue weighted by atomic mass is 9.79. The zero-order valence-corrected chi connectivity index (χ0v) is 18.2. The van der Waals surface area contributed by atoms with Gasteiger partial charge in [-0.05, 0) is 52.7 Å². The molecular weight excluding hydrogens is 390 g/mol. The van der Waals surface area contributed by atoms with E-state index in [9.17, 15) is 12.6 Å². The van der Waals surface area contributed by atoms with E-state index >= 15 is 0 Å². The van der Waals surface area contributed by atoms with Crippen LogP contribution in [-0.4, -0.2) is 48.2 Å². The van der Waals surface area contributed by atoms with E-state index in [2.05, 4.69) is 37.1 Å². The number of hydrogen-bond donors (Lipinski definition) is 2. The van der Waals surface area contributed by atoms with Gasteiger partial charge in [-0.3, -0.25) is 4.72 Å². The van der Waals surface area contributed by atoms with Gasteiger partial charge in [0.1, 0.15) is 5.75 Å². The number of anilines is 1. The second-order valence-corrected chi connectivity index (χ2v) is 10.7. The number of nitrogens with one attached hydrogen (secondary N) is 2. The van der Waals surface area contributed by atoms with Gasteiger partial charge in [0.15, 0.2) is 0 Å². The van der Waals surface area contributed by atoms with Crippen molar-refractivity contribution in [1.29, 1.82) is 0 Å². The number of benzene rings is 1. The summed E-state index contributed by atoms with van der Waals surface area (Å²) in [6, 6.07) is 6.30. The molecule has 0 radical (unpaired) electrons. The number of hydroxylamine groups is 2. The minimum atomic E-state index is -3.39. The van der Waals surface area contributed by atoms with Gasteiger partial charge in [0.25, 0.3) is 11.3 Å². The Hall–Kier alpha value is -1.20. The normalized spacial score (nSPS) is 21.6. The van der Waals surface area contributed by atoms with Crippen molar-refractivity contribution >= 4 is 27.0 Å². The lowest BCUT2D eigenvalue weighted by Crippen LogP contribution is -2.63. The molecule has 0 spiro atoms. The van der Waals surface area contributed by atoms with Crippen LogP contribution >= 0.6 is 0 Å². The summed E-state index contributed by atoms with van der Waals surface area (Å²) in [5.41, 5.74) is -0.127. The summed E-state index contributed by atoms with van der Waals surface area (Å²) in [6.45, 7) is 8.32. The van der Waals surface area contributed by atoms with Crippen molar-refractivity contribution in [2.24, 2.45) is 0 Å². The summed E-state index contributed by atoms with van der Waals surface area (Å²) < 4.78 is 45.9. The SMILES string of the molecule is CON1C(C)(C)CC(NS(=O)Oc2cccc(NS(C)(=O)=O)c2)CC1(C)C. The largest absolute Gasteiger partial charge is 0.389 e. The van der Waals surface area contributed by atoms with Crippen molar-refractivity contribution in [2.45, 2.75) is 57.7 Å². The first-order valence-electron chi connectivity index (χ1n) is 8.61. The summed E-state index contributed by atoms with van der Waals surface area (Å²) in [5.74, 6) is 0.308. The van der Waals surface area contributed by atoms with Crippen LogP contribution in [0.15, 0.2) is 24.3 Å². The minimum absolute atomic E-state index is 0.0282. The average Bonchev–Trinajstić information content (AvgIpc) is 2.42. The summed E-state index contributed by atoms with van der Waals surface area (Å²) >= 11 is -1.77. The second kappa shape index (κ2) is 8.04. The molecule has 27 heavy (non-hydrogen) atoms. The first kappa shape index (κ1) is 22.1. The van der Waals surface area contributed by atoms with E-state index < -0.39 is 21.3 Å². The zero-order valence-electron chi connectivity index (χ0n) is 16.6. The highest BCUT2D eigenvalue weighted by Crippen LogP contribution is 2.38. The maximum atomic E-state index is 12.4. The standard InChI is InChI=1S/C17H29N3O5S2/c1-16(2)11-14(12-17(3,4)20(16)24-5)18-26(21)25-15-9-7-8-13(10-15)19-27(6,22)23/h7-10,14,18-19H,11-12H2,1-6H3. The Labute approximate surface area is 164 Å². The Morgan fingerprint density at radius 2 is 1.78 bits per heavy atom. The van der Waals surface area contributed by atoms with Gasteiger partial charge in [-0.15, -0.1) is 0 Å². The third kappa shape index (κ3) is 6.15. The monoisotopic (exact) mass is 419 g/mol. The Morgan fingerprint density at radius 1 is 1.19 bits per heavy atom. The fourth-order valence-electron chi connectivity index (χ4n) is 3.91. The van der Waals surface area contributed by atoms with Crippen molar-refractivity contribution in [3.63, 3.8) is 0 Å². The number of hydrogen-bond acceptors (Lipinski definition) is 6. The van der Waals surface area contributed by atoms with Crippen molar-refractivity contribution in [3.05, 3.63) is 24.3 Å². The Kier molecular flexibility index (Phi) is 6.58. The molecule has 1 saturated heterocycles. The van der Waals surface area contributed by atoms with Crippen LogP contribution in [0, 0.1) is 0 Å². The van der Waals surface area contributed by atoms with Gasteiger partial charge in [0.05, 0.1) is 19.1 Å². The maximum absolute atomic E-state index is 12.4. The molecule has 1 heterocycles. The highest BCUT2D eigenvalue weighted by Gasteiger charge is 2.46. The molecule has 2 rings (SSSR count). The van der Waals surface area contributed by atoms with E-state index in [1.54, 1.807) is 25.3 Å². The quantitative estimate of drug-likeness (QED) is 0.703. The van der Waals surface area contributed by atoms with E-state index in [1.165, 1.54) is 6.07 Å². The van der Waals surface area contributed by atoms with Gasteiger partial charge >= 0.3 is 0 Å². The van der Waals surface area contributed by atoms with Crippen molar-refractivity contribution < 1.29 is 21.6 Å². The van der Waals surface area contributed by atoms with Crippen LogP contribution in [0.5, 0.6) is 5.75 Å². The topological polar surface area (TPSA) is 97.0 Å². The van der Waals surface area contributed by atoms with Gasteiger partial charge in [0, 0.05) is 23.2 Å². The van der Waals surface area contributed by atoms with Crippen LogP contribution in [-0.2, 0) is 26.1 Å². The molecule has 1 aromatic rings. The molecule has 1 atom stereocenters. The van der Waals surface area contributed by atoms with Crippen molar-refractivity contribution in [2.75, 3.05) is 18.1 Å². The number of sulfonamides is 1. The molecule has 0 aliphatic carbocycles. The second-order valence-electron chi connectivity index (χ2n) is 8.04. The first-order chi connectivity index (χ1) is 12.3. The van der Waals surface area contributed by atoms with Crippen LogP contribution in [0.2, 0.25) is 0 Å². The van der Waals surface area contributed by atoms with Crippen LogP contribution in [0.3, 0.4) is 0 Å². The van der Waals surface area contributed by atoms with E-state index in [4.69, 9.17) is 9.02 Å². The average molecular weight is 420 g/mol. The number of piperidine rings is 1. The lowest BCUT2D eigenvalue weighted by molar-refractivity contribution is -0.266. The molecule has 10 heteroatoms. The summed E-state index contributed by atoms with van der Waals surface area (Å²) in [7, 11) is -1.73.